The molecule has 122 valence electrons. The molecule has 0 radical (unpaired) electrons. The first kappa shape index (κ1) is 16.7. The van der Waals surface area contributed by atoms with Crippen molar-refractivity contribution in [3.05, 3.63) is 24.0 Å². The summed E-state index contributed by atoms with van der Waals surface area (Å²) in [7, 11) is 4.12. The summed E-state index contributed by atoms with van der Waals surface area (Å²) in [6, 6.07) is 3.67. The minimum Gasteiger partial charge on any atom is -0.385 e. The summed E-state index contributed by atoms with van der Waals surface area (Å²) < 4.78 is 5.50. The van der Waals surface area contributed by atoms with Crippen molar-refractivity contribution in [3.63, 3.8) is 0 Å². The second-order valence-corrected chi connectivity index (χ2v) is 5.86. The Labute approximate surface area is 132 Å². The lowest BCUT2D eigenvalue weighted by Crippen LogP contribution is -2.32. The maximum absolute atomic E-state index is 12.1. The van der Waals surface area contributed by atoms with Gasteiger partial charge < -0.3 is 20.3 Å². The van der Waals surface area contributed by atoms with Crippen molar-refractivity contribution in [2.45, 2.75) is 25.4 Å². The van der Waals surface area contributed by atoms with Crippen molar-refractivity contribution < 1.29 is 9.53 Å². The van der Waals surface area contributed by atoms with E-state index in [0.29, 0.717) is 12.2 Å². The van der Waals surface area contributed by atoms with Crippen molar-refractivity contribution in [1.29, 1.82) is 0 Å². The molecule has 1 fully saturated rings. The van der Waals surface area contributed by atoms with Crippen molar-refractivity contribution in [3.8, 4) is 0 Å². The summed E-state index contributed by atoms with van der Waals surface area (Å²) in [5.41, 5.74) is 1.37. The highest BCUT2D eigenvalue weighted by atomic mass is 16.5. The Morgan fingerprint density at radius 2 is 2.36 bits per heavy atom. The molecule has 1 unspecified atom stereocenters. The molecule has 1 atom stereocenters. The third kappa shape index (κ3) is 5.61. The van der Waals surface area contributed by atoms with E-state index in [9.17, 15) is 4.79 Å². The molecule has 1 aliphatic heterocycles. The van der Waals surface area contributed by atoms with E-state index in [-0.39, 0.29) is 12.0 Å². The third-order valence-electron chi connectivity index (χ3n) is 3.62. The number of carbonyl (C=O) groups excluding carboxylic acids is 1. The van der Waals surface area contributed by atoms with Crippen LogP contribution in [0.25, 0.3) is 0 Å². The normalized spacial score (nSPS) is 17.7. The molecule has 0 spiro atoms. The minimum absolute atomic E-state index is 0.146. The molecule has 1 aromatic rings. The van der Waals surface area contributed by atoms with E-state index >= 15 is 0 Å². The number of nitrogens with zero attached hydrogens (tertiary/aromatic N) is 2. The molecule has 1 aliphatic rings. The molecule has 6 heteroatoms. The van der Waals surface area contributed by atoms with Crippen molar-refractivity contribution in [1.82, 2.24) is 15.2 Å². The second kappa shape index (κ2) is 8.70. The average molecular weight is 306 g/mol. The van der Waals surface area contributed by atoms with Gasteiger partial charge in [0.25, 0.3) is 5.91 Å². The lowest BCUT2D eigenvalue weighted by atomic mass is 10.2. The molecule has 1 aromatic heterocycles. The molecule has 1 saturated heterocycles. The van der Waals surface area contributed by atoms with E-state index in [1.807, 2.05) is 6.07 Å². The van der Waals surface area contributed by atoms with E-state index in [1.165, 1.54) is 0 Å². The van der Waals surface area contributed by atoms with Crippen LogP contribution >= 0.6 is 0 Å². The molecule has 2 rings (SSSR count). The fraction of sp³-hybridized carbons (Fsp3) is 0.625. The first-order chi connectivity index (χ1) is 10.6. The predicted octanol–water partition coefficient (Wildman–Crippen LogP) is 1.35. The summed E-state index contributed by atoms with van der Waals surface area (Å²) in [5, 5.41) is 6.21. The summed E-state index contributed by atoms with van der Waals surface area (Å²) in [6.07, 6.45) is 4.95. The summed E-state index contributed by atoms with van der Waals surface area (Å²) >= 11 is 0. The van der Waals surface area contributed by atoms with Crippen molar-refractivity contribution >= 4 is 11.6 Å². The van der Waals surface area contributed by atoms with Gasteiger partial charge in [-0.15, -0.1) is 0 Å². The topological polar surface area (TPSA) is 66.5 Å². The van der Waals surface area contributed by atoms with Crippen LogP contribution in [0.15, 0.2) is 18.3 Å². The highest BCUT2D eigenvalue weighted by Crippen LogP contribution is 2.11. The van der Waals surface area contributed by atoms with Gasteiger partial charge in [0.2, 0.25) is 0 Å². The van der Waals surface area contributed by atoms with Gasteiger partial charge >= 0.3 is 0 Å². The first-order valence-corrected chi connectivity index (χ1v) is 7.89. The smallest absolute Gasteiger partial charge is 0.270 e. The Kier molecular flexibility index (Phi) is 6.61. The maximum atomic E-state index is 12.1. The fourth-order valence-electron chi connectivity index (χ4n) is 2.40. The van der Waals surface area contributed by atoms with Crippen LogP contribution in [0.1, 0.15) is 29.8 Å². The third-order valence-corrected chi connectivity index (χ3v) is 3.62. The lowest BCUT2D eigenvalue weighted by Gasteiger charge is -2.12. The highest BCUT2D eigenvalue weighted by Gasteiger charge is 2.17. The Hall–Kier alpha value is -1.66. The number of carbonyl (C=O) groups is 1. The molecular formula is C16H26N4O2. The number of pyridine rings is 1. The van der Waals surface area contributed by atoms with E-state index in [2.05, 4.69) is 34.6 Å². The highest BCUT2D eigenvalue weighted by molar-refractivity contribution is 5.93. The molecule has 0 aromatic carbocycles. The molecule has 0 aliphatic carbocycles. The van der Waals surface area contributed by atoms with Gasteiger partial charge in [0, 0.05) is 31.6 Å². The SMILES string of the molecule is CN(C)CCCNc1ccnc(C(=O)NCC2CCCO2)c1. The van der Waals surface area contributed by atoms with Crippen LogP contribution in [0.4, 0.5) is 5.69 Å². The van der Waals surface area contributed by atoms with Crippen molar-refractivity contribution in [2.75, 3.05) is 45.7 Å². The van der Waals surface area contributed by atoms with E-state index < -0.39 is 0 Å². The first-order valence-electron chi connectivity index (χ1n) is 7.89. The molecule has 0 bridgehead atoms. The van der Waals surface area contributed by atoms with Gasteiger partial charge in [-0.3, -0.25) is 9.78 Å². The molecular weight excluding hydrogens is 280 g/mol. The van der Waals surface area contributed by atoms with Gasteiger partial charge in [0.05, 0.1) is 6.10 Å². The summed E-state index contributed by atoms with van der Waals surface area (Å²) in [4.78, 5) is 18.4. The second-order valence-electron chi connectivity index (χ2n) is 5.86. The van der Waals surface area contributed by atoms with Crippen LogP contribution in [-0.4, -0.2) is 62.2 Å². The van der Waals surface area contributed by atoms with Gasteiger partial charge in [-0.05, 0) is 52.0 Å². The zero-order chi connectivity index (χ0) is 15.8. The molecule has 2 N–H and O–H groups in total. The maximum Gasteiger partial charge on any atom is 0.270 e. The van der Waals surface area contributed by atoms with Crippen LogP contribution in [0.2, 0.25) is 0 Å². The monoisotopic (exact) mass is 306 g/mol. The number of ether oxygens (including phenoxy) is 1. The lowest BCUT2D eigenvalue weighted by molar-refractivity contribution is 0.0854. The van der Waals surface area contributed by atoms with Gasteiger partial charge in [-0.25, -0.2) is 0 Å². The summed E-state index contributed by atoms with van der Waals surface area (Å²) in [6.45, 7) is 3.26. The van der Waals surface area contributed by atoms with Crippen LogP contribution < -0.4 is 10.6 Å². The van der Waals surface area contributed by atoms with E-state index in [1.54, 1.807) is 12.3 Å². The quantitative estimate of drug-likeness (QED) is 0.710. The van der Waals surface area contributed by atoms with Gasteiger partial charge in [-0.2, -0.15) is 0 Å². The number of amides is 1. The Morgan fingerprint density at radius 3 is 3.09 bits per heavy atom. The molecule has 6 nitrogen and oxygen atoms in total. The molecule has 0 saturated carbocycles. The van der Waals surface area contributed by atoms with Gasteiger partial charge in [0.1, 0.15) is 5.69 Å². The molecule has 1 amide bonds. The zero-order valence-electron chi connectivity index (χ0n) is 13.5. The number of anilines is 1. The number of aromatic nitrogens is 1. The minimum atomic E-state index is -0.146. The Morgan fingerprint density at radius 1 is 1.50 bits per heavy atom. The Balaban J connectivity index is 1.77. The largest absolute Gasteiger partial charge is 0.385 e. The zero-order valence-corrected chi connectivity index (χ0v) is 13.5. The number of nitrogens with one attached hydrogen (secondary N) is 2. The standard InChI is InChI=1S/C16H26N4O2/c1-20(2)9-4-7-17-13-6-8-18-15(11-13)16(21)19-12-14-5-3-10-22-14/h6,8,11,14H,3-5,7,9-10,12H2,1-2H3,(H,17,18)(H,19,21). The molecule has 2 heterocycles. The Bertz CT molecular complexity index is 473. The van der Waals surface area contributed by atoms with Crippen LogP contribution in [0.5, 0.6) is 0 Å². The van der Waals surface area contributed by atoms with Gasteiger partial charge in [0.15, 0.2) is 0 Å². The van der Waals surface area contributed by atoms with Crippen LogP contribution in [0.3, 0.4) is 0 Å². The number of hydrogen-bond donors (Lipinski definition) is 2. The molecule has 22 heavy (non-hydrogen) atoms. The summed E-state index contributed by atoms with van der Waals surface area (Å²) in [5.74, 6) is -0.146. The number of rotatable bonds is 8. The van der Waals surface area contributed by atoms with Crippen LogP contribution in [0, 0.1) is 0 Å². The van der Waals surface area contributed by atoms with E-state index in [4.69, 9.17) is 4.74 Å². The van der Waals surface area contributed by atoms with Crippen LogP contribution in [-0.2, 0) is 4.74 Å². The predicted molar refractivity (Wildman–Crippen MR) is 87.2 cm³/mol. The van der Waals surface area contributed by atoms with Gasteiger partial charge in [-0.1, -0.05) is 0 Å². The van der Waals surface area contributed by atoms with E-state index in [0.717, 1.165) is 44.6 Å². The fourth-order valence-corrected chi connectivity index (χ4v) is 2.40. The average Bonchev–Trinajstić information content (AvgIpc) is 3.03. The number of hydrogen-bond acceptors (Lipinski definition) is 5. The van der Waals surface area contributed by atoms with Crippen molar-refractivity contribution in [2.24, 2.45) is 0 Å².